The van der Waals surface area contributed by atoms with Crippen molar-refractivity contribution in [3.05, 3.63) is 11.5 Å². The molecule has 2 fully saturated rings. The Kier molecular flexibility index (Phi) is 7.41. The molecule has 10 heteroatoms. The van der Waals surface area contributed by atoms with Crippen LogP contribution in [0.15, 0.2) is 9.42 Å². The SMILES string of the molecule is CC[C@H]1CN(S(=O)(=O)c2c(C)noc2C)CC[C@H]1CC(=O)N1CCC(C(=O)OC)CC1. The Balaban J connectivity index is 1.60. The van der Waals surface area contributed by atoms with Crippen LogP contribution in [-0.2, 0) is 24.3 Å². The summed E-state index contributed by atoms with van der Waals surface area (Å²) in [5.41, 5.74) is 0.373. The molecular formula is C21H33N3O6S. The molecule has 0 spiro atoms. The minimum absolute atomic E-state index is 0.0915. The van der Waals surface area contributed by atoms with E-state index in [1.165, 1.54) is 11.4 Å². The molecule has 1 amide bonds. The summed E-state index contributed by atoms with van der Waals surface area (Å²) in [5, 5.41) is 3.78. The van der Waals surface area contributed by atoms with Crippen molar-refractivity contribution in [2.75, 3.05) is 33.3 Å². The Bertz CT molecular complexity index is 885. The average molecular weight is 456 g/mol. The number of esters is 1. The number of likely N-dealkylation sites (tertiary alicyclic amines) is 1. The van der Waals surface area contributed by atoms with Gasteiger partial charge in [0.15, 0.2) is 5.76 Å². The molecule has 3 heterocycles. The van der Waals surface area contributed by atoms with Crippen LogP contribution in [0.1, 0.15) is 50.5 Å². The molecule has 31 heavy (non-hydrogen) atoms. The lowest BCUT2D eigenvalue weighted by molar-refractivity contribution is -0.149. The molecule has 2 aliphatic heterocycles. The summed E-state index contributed by atoms with van der Waals surface area (Å²) in [6.07, 6.45) is 3.12. The van der Waals surface area contributed by atoms with Gasteiger partial charge in [0.2, 0.25) is 15.9 Å². The first kappa shape index (κ1) is 23.7. The molecule has 0 N–H and O–H groups in total. The van der Waals surface area contributed by atoms with Crippen molar-refractivity contribution in [1.29, 1.82) is 0 Å². The lowest BCUT2D eigenvalue weighted by Gasteiger charge is -2.38. The highest BCUT2D eigenvalue weighted by molar-refractivity contribution is 7.89. The number of carbonyl (C=O) groups is 2. The van der Waals surface area contributed by atoms with Gasteiger partial charge in [-0.1, -0.05) is 18.5 Å². The number of methoxy groups -OCH3 is 1. The first-order valence-electron chi connectivity index (χ1n) is 11.0. The van der Waals surface area contributed by atoms with Crippen LogP contribution >= 0.6 is 0 Å². The smallest absolute Gasteiger partial charge is 0.308 e. The minimum atomic E-state index is -3.67. The molecule has 3 rings (SSSR count). The van der Waals surface area contributed by atoms with E-state index in [-0.39, 0.29) is 34.5 Å². The highest BCUT2D eigenvalue weighted by atomic mass is 32.2. The van der Waals surface area contributed by atoms with Crippen molar-refractivity contribution in [3.8, 4) is 0 Å². The fourth-order valence-corrected chi connectivity index (χ4v) is 6.66. The van der Waals surface area contributed by atoms with Gasteiger partial charge in [-0.3, -0.25) is 9.59 Å². The number of aryl methyl sites for hydroxylation is 2. The lowest BCUT2D eigenvalue weighted by Crippen LogP contribution is -2.46. The van der Waals surface area contributed by atoms with Gasteiger partial charge in [0.25, 0.3) is 0 Å². The van der Waals surface area contributed by atoms with Crippen LogP contribution in [0, 0.1) is 31.6 Å². The van der Waals surface area contributed by atoms with Crippen LogP contribution in [0.4, 0.5) is 0 Å². The first-order chi connectivity index (χ1) is 14.7. The van der Waals surface area contributed by atoms with E-state index in [9.17, 15) is 18.0 Å². The molecule has 1 aromatic heterocycles. The van der Waals surface area contributed by atoms with E-state index >= 15 is 0 Å². The number of aromatic nitrogens is 1. The Morgan fingerprint density at radius 1 is 1.13 bits per heavy atom. The van der Waals surface area contributed by atoms with E-state index in [1.807, 2.05) is 11.8 Å². The van der Waals surface area contributed by atoms with E-state index in [0.717, 1.165) is 6.42 Å². The Morgan fingerprint density at radius 2 is 1.81 bits per heavy atom. The number of carbonyl (C=O) groups excluding carboxylic acids is 2. The van der Waals surface area contributed by atoms with Gasteiger partial charge >= 0.3 is 5.97 Å². The summed E-state index contributed by atoms with van der Waals surface area (Å²) in [5.74, 6) is 0.319. The number of piperidine rings is 2. The Labute approximate surface area is 184 Å². The van der Waals surface area contributed by atoms with Gasteiger partial charge in [0.05, 0.1) is 13.0 Å². The van der Waals surface area contributed by atoms with E-state index in [4.69, 9.17) is 9.26 Å². The number of hydrogen-bond donors (Lipinski definition) is 0. The van der Waals surface area contributed by atoms with Gasteiger partial charge in [-0.15, -0.1) is 0 Å². The number of ether oxygens (including phenoxy) is 1. The molecule has 2 atom stereocenters. The Hall–Kier alpha value is -1.94. The molecule has 2 saturated heterocycles. The van der Waals surface area contributed by atoms with E-state index in [2.05, 4.69) is 5.16 Å². The first-order valence-corrected chi connectivity index (χ1v) is 12.4. The molecule has 0 saturated carbocycles. The fourth-order valence-electron chi connectivity index (χ4n) is 4.85. The van der Waals surface area contributed by atoms with Gasteiger partial charge in [-0.05, 0) is 44.9 Å². The van der Waals surface area contributed by atoms with Crippen LogP contribution in [0.5, 0.6) is 0 Å². The molecule has 1 aromatic rings. The third kappa shape index (κ3) is 4.95. The topological polar surface area (TPSA) is 110 Å². The predicted octanol–water partition coefficient (Wildman–Crippen LogP) is 2.13. The number of hydrogen-bond acceptors (Lipinski definition) is 7. The summed E-state index contributed by atoms with van der Waals surface area (Å²) in [6.45, 7) is 7.18. The summed E-state index contributed by atoms with van der Waals surface area (Å²) < 4.78 is 37.7. The summed E-state index contributed by atoms with van der Waals surface area (Å²) >= 11 is 0. The van der Waals surface area contributed by atoms with E-state index < -0.39 is 10.0 Å². The van der Waals surface area contributed by atoms with Crippen molar-refractivity contribution < 1.29 is 27.3 Å². The molecule has 0 aliphatic carbocycles. The second-order valence-corrected chi connectivity index (χ2v) is 10.5. The van der Waals surface area contributed by atoms with Crippen molar-refractivity contribution in [1.82, 2.24) is 14.4 Å². The molecule has 0 unspecified atom stereocenters. The van der Waals surface area contributed by atoms with Crippen LogP contribution < -0.4 is 0 Å². The third-order valence-electron chi connectivity index (χ3n) is 6.76. The van der Waals surface area contributed by atoms with Crippen LogP contribution in [0.2, 0.25) is 0 Å². The normalized spacial score (nSPS) is 23.7. The quantitative estimate of drug-likeness (QED) is 0.604. The molecular weight excluding hydrogens is 422 g/mol. The zero-order valence-corrected chi connectivity index (χ0v) is 19.6. The van der Waals surface area contributed by atoms with Crippen LogP contribution in [-0.4, -0.2) is 67.9 Å². The van der Waals surface area contributed by atoms with Crippen molar-refractivity contribution in [3.63, 3.8) is 0 Å². The van der Waals surface area contributed by atoms with Gasteiger partial charge < -0.3 is 14.2 Å². The van der Waals surface area contributed by atoms with E-state index in [0.29, 0.717) is 63.3 Å². The van der Waals surface area contributed by atoms with Gasteiger partial charge in [0, 0.05) is 32.6 Å². The van der Waals surface area contributed by atoms with Crippen molar-refractivity contribution in [2.24, 2.45) is 17.8 Å². The maximum absolute atomic E-state index is 13.2. The molecule has 9 nitrogen and oxygen atoms in total. The highest BCUT2D eigenvalue weighted by Gasteiger charge is 2.39. The predicted molar refractivity (Wildman–Crippen MR) is 113 cm³/mol. The average Bonchev–Trinajstić information content (AvgIpc) is 3.11. The number of nitrogens with zero attached hydrogens (tertiary/aromatic N) is 3. The number of rotatable bonds is 6. The molecule has 0 bridgehead atoms. The second kappa shape index (κ2) is 9.68. The maximum Gasteiger partial charge on any atom is 0.308 e. The molecule has 0 radical (unpaired) electrons. The van der Waals surface area contributed by atoms with Crippen LogP contribution in [0.25, 0.3) is 0 Å². The molecule has 174 valence electrons. The standard InChI is InChI=1S/C21H33N3O6S/c1-5-16-13-24(31(27,28)20-14(2)22-30-15(20)3)11-8-18(16)12-19(25)23-9-6-17(7-10-23)21(26)29-4/h16-18H,5-13H2,1-4H3/t16-,18-/m0/s1. The maximum atomic E-state index is 13.2. The zero-order valence-electron chi connectivity index (χ0n) is 18.8. The number of sulfonamides is 1. The third-order valence-corrected chi connectivity index (χ3v) is 8.87. The lowest BCUT2D eigenvalue weighted by atomic mass is 9.82. The minimum Gasteiger partial charge on any atom is -0.469 e. The fraction of sp³-hybridized carbons (Fsp3) is 0.762. The molecule has 2 aliphatic rings. The van der Waals surface area contributed by atoms with Gasteiger partial charge in [-0.2, -0.15) is 4.31 Å². The second-order valence-electron chi connectivity index (χ2n) is 8.62. The zero-order chi connectivity index (χ0) is 22.8. The monoisotopic (exact) mass is 455 g/mol. The summed E-state index contributed by atoms with van der Waals surface area (Å²) in [6, 6.07) is 0. The molecule has 0 aromatic carbocycles. The van der Waals surface area contributed by atoms with Crippen molar-refractivity contribution in [2.45, 2.75) is 57.8 Å². The largest absolute Gasteiger partial charge is 0.469 e. The van der Waals surface area contributed by atoms with E-state index in [1.54, 1.807) is 13.8 Å². The summed E-state index contributed by atoms with van der Waals surface area (Å²) in [4.78, 5) is 26.6. The highest BCUT2D eigenvalue weighted by Crippen LogP contribution is 2.34. The summed E-state index contributed by atoms with van der Waals surface area (Å²) in [7, 11) is -2.28. The van der Waals surface area contributed by atoms with Crippen molar-refractivity contribution >= 4 is 21.9 Å². The van der Waals surface area contributed by atoms with Crippen LogP contribution in [0.3, 0.4) is 0 Å². The van der Waals surface area contributed by atoms with Gasteiger partial charge in [-0.25, -0.2) is 8.42 Å². The van der Waals surface area contributed by atoms with Gasteiger partial charge in [0.1, 0.15) is 10.6 Å². The Morgan fingerprint density at radius 3 is 2.35 bits per heavy atom. The number of amides is 1.